The molecule has 1 fully saturated rings. The van der Waals surface area contributed by atoms with Gasteiger partial charge in [0.25, 0.3) is 0 Å². The normalized spacial score (nSPS) is 38.3. The zero-order chi connectivity index (χ0) is 11.3. The van der Waals surface area contributed by atoms with Gasteiger partial charge in [-0.15, -0.1) is 0 Å². The lowest BCUT2D eigenvalue weighted by Gasteiger charge is -2.48. The van der Waals surface area contributed by atoms with Crippen LogP contribution in [0.15, 0.2) is 11.6 Å². The van der Waals surface area contributed by atoms with Crippen LogP contribution in [-0.4, -0.2) is 11.1 Å². The average molecular weight is 208 g/mol. The molecule has 0 radical (unpaired) electrons. The van der Waals surface area contributed by atoms with Crippen LogP contribution in [0.4, 0.5) is 0 Å². The van der Waals surface area contributed by atoms with Gasteiger partial charge in [-0.1, -0.05) is 33.3 Å². The second kappa shape index (κ2) is 3.10. The predicted molar refractivity (Wildman–Crippen MR) is 59.6 cm³/mol. The smallest absolute Gasteiger partial charge is 0.331 e. The van der Waals surface area contributed by atoms with E-state index in [4.69, 9.17) is 0 Å². The van der Waals surface area contributed by atoms with Gasteiger partial charge in [-0.3, -0.25) is 0 Å². The van der Waals surface area contributed by atoms with Crippen molar-refractivity contribution in [1.29, 1.82) is 0 Å². The van der Waals surface area contributed by atoms with E-state index in [0.29, 0.717) is 16.9 Å². The first-order chi connectivity index (χ1) is 6.88. The van der Waals surface area contributed by atoms with Crippen LogP contribution in [0.3, 0.4) is 0 Å². The molecule has 0 aromatic rings. The summed E-state index contributed by atoms with van der Waals surface area (Å²) in [6.07, 6.45) is 6.34. The van der Waals surface area contributed by atoms with E-state index in [-0.39, 0.29) is 5.41 Å². The van der Waals surface area contributed by atoms with E-state index in [1.54, 1.807) is 0 Å². The topological polar surface area (TPSA) is 37.3 Å². The Bertz CT molecular complexity index is 327. The minimum absolute atomic E-state index is 0.0758. The number of fused-ring (bicyclic) bond motifs is 1. The summed E-state index contributed by atoms with van der Waals surface area (Å²) in [5.74, 6) is -0.192. The number of aliphatic carboxylic acids is 1. The highest BCUT2D eigenvalue weighted by Gasteiger charge is 2.52. The fraction of sp³-hybridized carbons (Fsp3) is 0.769. The van der Waals surface area contributed by atoms with Crippen molar-refractivity contribution in [2.24, 2.45) is 16.7 Å². The highest BCUT2D eigenvalue weighted by atomic mass is 16.4. The lowest BCUT2D eigenvalue weighted by molar-refractivity contribution is -0.134. The van der Waals surface area contributed by atoms with Gasteiger partial charge in [0.1, 0.15) is 0 Å². The van der Waals surface area contributed by atoms with E-state index >= 15 is 0 Å². The van der Waals surface area contributed by atoms with Crippen molar-refractivity contribution in [3.05, 3.63) is 11.6 Å². The van der Waals surface area contributed by atoms with E-state index in [0.717, 1.165) is 19.3 Å². The van der Waals surface area contributed by atoms with Crippen molar-refractivity contribution in [2.75, 3.05) is 0 Å². The SMILES string of the molecule is CC1(C)CCC[C@]2(C)C(C(=O)O)=CC[C@@H]12. The van der Waals surface area contributed by atoms with E-state index in [1.807, 2.05) is 6.08 Å². The zero-order valence-corrected chi connectivity index (χ0v) is 9.84. The van der Waals surface area contributed by atoms with Crippen molar-refractivity contribution < 1.29 is 9.90 Å². The van der Waals surface area contributed by atoms with E-state index in [9.17, 15) is 9.90 Å². The molecule has 15 heavy (non-hydrogen) atoms. The summed E-state index contributed by atoms with van der Waals surface area (Å²) in [5.41, 5.74) is 0.883. The molecular weight excluding hydrogens is 188 g/mol. The van der Waals surface area contributed by atoms with E-state index in [2.05, 4.69) is 20.8 Å². The summed E-state index contributed by atoms with van der Waals surface area (Å²) in [7, 11) is 0. The van der Waals surface area contributed by atoms with Crippen molar-refractivity contribution in [2.45, 2.75) is 46.5 Å². The quantitative estimate of drug-likeness (QED) is 0.718. The molecule has 2 nitrogen and oxygen atoms in total. The lowest BCUT2D eigenvalue weighted by Crippen LogP contribution is -2.41. The number of carbonyl (C=O) groups is 1. The molecule has 0 aromatic heterocycles. The summed E-state index contributed by atoms with van der Waals surface area (Å²) >= 11 is 0. The molecule has 1 N–H and O–H groups in total. The molecule has 0 amide bonds. The second-order valence-electron chi connectivity index (χ2n) is 5.97. The number of rotatable bonds is 1. The number of carboxylic acid groups (broad SMARTS) is 1. The van der Waals surface area contributed by atoms with Crippen LogP contribution < -0.4 is 0 Å². The van der Waals surface area contributed by atoms with Crippen LogP contribution in [-0.2, 0) is 4.79 Å². The molecule has 1 saturated carbocycles. The van der Waals surface area contributed by atoms with Crippen LogP contribution in [0.2, 0.25) is 0 Å². The summed E-state index contributed by atoms with van der Waals surface area (Å²) in [4.78, 5) is 11.2. The number of allylic oxidation sites excluding steroid dienone is 1. The van der Waals surface area contributed by atoms with Crippen molar-refractivity contribution >= 4 is 5.97 Å². The standard InChI is InChI=1S/C13H20O2/c1-12(2)7-4-8-13(3)9(11(14)15)5-6-10(12)13/h5,10H,4,6-8H2,1-3H3,(H,14,15)/t10-,13+/m0/s1. The third kappa shape index (κ3) is 1.42. The Morgan fingerprint density at radius 3 is 2.67 bits per heavy atom. The Balaban J connectivity index is 2.36. The van der Waals surface area contributed by atoms with Gasteiger partial charge in [-0.05, 0) is 30.6 Å². The molecule has 0 aromatic carbocycles. The third-order valence-corrected chi connectivity index (χ3v) is 4.63. The highest BCUT2D eigenvalue weighted by molar-refractivity contribution is 5.89. The van der Waals surface area contributed by atoms with Crippen LogP contribution in [0, 0.1) is 16.7 Å². The fourth-order valence-electron chi connectivity index (χ4n) is 3.82. The molecule has 0 heterocycles. The Labute approximate surface area is 91.4 Å². The molecule has 84 valence electrons. The van der Waals surface area contributed by atoms with Gasteiger partial charge in [-0.2, -0.15) is 0 Å². The van der Waals surface area contributed by atoms with Crippen LogP contribution in [0.5, 0.6) is 0 Å². The molecule has 2 heteroatoms. The van der Waals surface area contributed by atoms with Crippen molar-refractivity contribution in [3.8, 4) is 0 Å². The average Bonchev–Trinajstić information content (AvgIpc) is 2.42. The van der Waals surface area contributed by atoms with Gasteiger partial charge < -0.3 is 5.11 Å². The van der Waals surface area contributed by atoms with Gasteiger partial charge in [0.2, 0.25) is 0 Å². The van der Waals surface area contributed by atoms with Crippen LogP contribution in [0.25, 0.3) is 0 Å². The first kappa shape index (κ1) is 10.7. The third-order valence-electron chi connectivity index (χ3n) is 4.63. The summed E-state index contributed by atoms with van der Waals surface area (Å²) < 4.78 is 0. The Kier molecular flexibility index (Phi) is 2.21. The highest BCUT2D eigenvalue weighted by Crippen LogP contribution is 2.59. The van der Waals surface area contributed by atoms with Crippen molar-refractivity contribution in [1.82, 2.24) is 0 Å². The zero-order valence-electron chi connectivity index (χ0n) is 9.84. The number of hydrogen-bond acceptors (Lipinski definition) is 1. The minimum atomic E-state index is -0.710. The summed E-state index contributed by atoms with van der Waals surface area (Å²) in [6.45, 7) is 6.72. The molecule has 0 spiro atoms. The second-order valence-corrected chi connectivity index (χ2v) is 5.97. The van der Waals surface area contributed by atoms with Crippen molar-refractivity contribution in [3.63, 3.8) is 0 Å². The molecule has 2 aliphatic rings. The first-order valence-electron chi connectivity index (χ1n) is 5.82. The Morgan fingerprint density at radius 2 is 2.07 bits per heavy atom. The van der Waals surface area contributed by atoms with Crippen LogP contribution in [0.1, 0.15) is 46.5 Å². The monoisotopic (exact) mass is 208 g/mol. The molecule has 2 atom stereocenters. The lowest BCUT2D eigenvalue weighted by atomic mass is 9.56. The van der Waals surface area contributed by atoms with E-state index < -0.39 is 5.97 Å². The molecular formula is C13H20O2. The molecule has 0 bridgehead atoms. The first-order valence-corrected chi connectivity index (χ1v) is 5.82. The number of hydrogen-bond donors (Lipinski definition) is 1. The van der Waals surface area contributed by atoms with Gasteiger partial charge >= 0.3 is 5.97 Å². The molecule has 0 saturated heterocycles. The van der Waals surface area contributed by atoms with Gasteiger partial charge in [0.15, 0.2) is 0 Å². The van der Waals surface area contributed by atoms with Crippen LogP contribution >= 0.6 is 0 Å². The molecule has 2 aliphatic carbocycles. The maximum absolute atomic E-state index is 11.2. The molecule has 0 unspecified atom stereocenters. The maximum atomic E-state index is 11.2. The molecule has 0 aliphatic heterocycles. The largest absolute Gasteiger partial charge is 0.478 e. The van der Waals surface area contributed by atoms with E-state index in [1.165, 1.54) is 6.42 Å². The summed E-state index contributed by atoms with van der Waals surface area (Å²) in [5, 5.41) is 9.22. The molecule has 2 rings (SSSR count). The van der Waals surface area contributed by atoms with Gasteiger partial charge in [0, 0.05) is 11.0 Å². The van der Waals surface area contributed by atoms with Gasteiger partial charge in [0.05, 0.1) is 0 Å². The van der Waals surface area contributed by atoms with Gasteiger partial charge in [-0.25, -0.2) is 4.79 Å². The minimum Gasteiger partial charge on any atom is -0.478 e. The Morgan fingerprint density at radius 1 is 1.40 bits per heavy atom. The number of carboxylic acids is 1. The maximum Gasteiger partial charge on any atom is 0.331 e. The fourth-order valence-corrected chi connectivity index (χ4v) is 3.82. The summed E-state index contributed by atoms with van der Waals surface area (Å²) in [6, 6.07) is 0. The Hall–Kier alpha value is -0.790. The predicted octanol–water partition coefficient (Wildman–Crippen LogP) is 3.23.